The summed E-state index contributed by atoms with van der Waals surface area (Å²) in [6, 6.07) is -0.311. The normalized spacial score (nSPS) is 18.6. The van der Waals surface area contributed by atoms with Gasteiger partial charge < -0.3 is 20.1 Å². The highest BCUT2D eigenvalue weighted by Gasteiger charge is 2.19. The van der Waals surface area contributed by atoms with E-state index in [1.165, 1.54) is 4.90 Å². The van der Waals surface area contributed by atoms with E-state index in [0.717, 1.165) is 25.9 Å². The Morgan fingerprint density at radius 1 is 1.47 bits per heavy atom. The van der Waals surface area contributed by atoms with Crippen LogP contribution in [0.5, 0.6) is 0 Å². The SMILES string of the molecule is CC(C)CN(CC(=O)O)C(=O)NCCC1CCCO1. The largest absolute Gasteiger partial charge is 0.480 e. The molecule has 1 atom stereocenters. The summed E-state index contributed by atoms with van der Waals surface area (Å²) in [7, 11) is 0. The number of nitrogens with zero attached hydrogens (tertiary/aromatic N) is 1. The van der Waals surface area contributed by atoms with Gasteiger partial charge in [-0.2, -0.15) is 0 Å². The van der Waals surface area contributed by atoms with Gasteiger partial charge >= 0.3 is 12.0 Å². The lowest BCUT2D eigenvalue weighted by molar-refractivity contribution is -0.137. The number of hydrogen-bond donors (Lipinski definition) is 2. The first-order chi connectivity index (χ1) is 8.99. The van der Waals surface area contributed by atoms with Crippen molar-refractivity contribution in [1.82, 2.24) is 10.2 Å². The third-order valence-corrected chi connectivity index (χ3v) is 2.97. The summed E-state index contributed by atoms with van der Waals surface area (Å²) in [5, 5.41) is 11.6. The maximum Gasteiger partial charge on any atom is 0.323 e. The summed E-state index contributed by atoms with van der Waals surface area (Å²) in [5.74, 6) is -0.752. The molecule has 6 nitrogen and oxygen atoms in total. The van der Waals surface area contributed by atoms with Gasteiger partial charge in [0.05, 0.1) is 6.10 Å². The van der Waals surface area contributed by atoms with Gasteiger partial charge in [-0.25, -0.2) is 4.79 Å². The molecule has 0 aromatic carbocycles. The number of hydrogen-bond acceptors (Lipinski definition) is 3. The second kappa shape index (κ2) is 7.99. The van der Waals surface area contributed by atoms with Gasteiger partial charge in [-0.3, -0.25) is 4.79 Å². The van der Waals surface area contributed by atoms with Gasteiger partial charge in [0.15, 0.2) is 0 Å². The van der Waals surface area contributed by atoms with Gasteiger partial charge in [-0.05, 0) is 25.2 Å². The molecule has 0 aromatic heterocycles. The Bertz CT molecular complexity index is 301. The van der Waals surface area contributed by atoms with Crippen LogP contribution < -0.4 is 5.32 Å². The van der Waals surface area contributed by atoms with Crippen molar-refractivity contribution in [2.75, 3.05) is 26.2 Å². The zero-order valence-corrected chi connectivity index (χ0v) is 11.7. The van der Waals surface area contributed by atoms with Crippen molar-refractivity contribution in [3.63, 3.8) is 0 Å². The molecule has 1 heterocycles. The van der Waals surface area contributed by atoms with Gasteiger partial charge in [0.25, 0.3) is 0 Å². The molecule has 0 aromatic rings. The minimum Gasteiger partial charge on any atom is -0.480 e. The fourth-order valence-electron chi connectivity index (χ4n) is 2.15. The van der Waals surface area contributed by atoms with Crippen molar-refractivity contribution in [1.29, 1.82) is 0 Å². The first-order valence-electron chi connectivity index (χ1n) is 6.85. The van der Waals surface area contributed by atoms with Crippen molar-refractivity contribution >= 4 is 12.0 Å². The predicted molar refractivity (Wildman–Crippen MR) is 71.0 cm³/mol. The number of urea groups is 1. The summed E-state index contributed by atoms with van der Waals surface area (Å²) >= 11 is 0. The topological polar surface area (TPSA) is 78.9 Å². The molecule has 1 saturated heterocycles. The molecule has 0 saturated carbocycles. The van der Waals surface area contributed by atoms with Crippen molar-refractivity contribution in [3.8, 4) is 0 Å². The van der Waals surface area contributed by atoms with Crippen LogP contribution in [0, 0.1) is 5.92 Å². The molecule has 1 fully saturated rings. The number of amides is 2. The highest BCUT2D eigenvalue weighted by molar-refractivity contribution is 5.80. The maximum atomic E-state index is 11.9. The Hall–Kier alpha value is -1.30. The van der Waals surface area contributed by atoms with Crippen molar-refractivity contribution < 1.29 is 19.4 Å². The third kappa shape index (κ3) is 6.42. The van der Waals surface area contributed by atoms with Crippen LogP contribution in [-0.2, 0) is 9.53 Å². The summed E-state index contributed by atoms with van der Waals surface area (Å²) in [5.41, 5.74) is 0. The second-order valence-corrected chi connectivity index (χ2v) is 5.32. The quantitative estimate of drug-likeness (QED) is 0.732. The highest BCUT2D eigenvalue weighted by Crippen LogP contribution is 2.14. The number of carboxylic acid groups (broad SMARTS) is 1. The van der Waals surface area contributed by atoms with Crippen LogP contribution in [0.3, 0.4) is 0 Å². The van der Waals surface area contributed by atoms with Gasteiger partial charge in [-0.1, -0.05) is 13.8 Å². The lowest BCUT2D eigenvalue weighted by atomic mass is 10.2. The van der Waals surface area contributed by atoms with E-state index in [1.54, 1.807) is 0 Å². The fourth-order valence-corrected chi connectivity index (χ4v) is 2.15. The Morgan fingerprint density at radius 2 is 2.21 bits per heavy atom. The van der Waals surface area contributed by atoms with Crippen LogP contribution in [0.2, 0.25) is 0 Å². The average Bonchev–Trinajstić information content (AvgIpc) is 2.79. The maximum absolute atomic E-state index is 11.9. The molecule has 2 amide bonds. The van der Waals surface area contributed by atoms with E-state index >= 15 is 0 Å². The molecular weight excluding hydrogens is 248 g/mol. The van der Waals surface area contributed by atoms with Gasteiger partial charge in [0.1, 0.15) is 6.54 Å². The second-order valence-electron chi connectivity index (χ2n) is 5.32. The third-order valence-electron chi connectivity index (χ3n) is 2.97. The molecular formula is C13H24N2O4. The van der Waals surface area contributed by atoms with Crippen LogP contribution in [0.25, 0.3) is 0 Å². The molecule has 110 valence electrons. The number of carboxylic acids is 1. The molecule has 1 aliphatic heterocycles. The number of aliphatic carboxylic acids is 1. The van der Waals surface area contributed by atoms with E-state index in [4.69, 9.17) is 9.84 Å². The van der Waals surface area contributed by atoms with E-state index in [2.05, 4.69) is 5.32 Å². The van der Waals surface area contributed by atoms with Crippen LogP contribution in [0.15, 0.2) is 0 Å². The van der Waals surface area contributed by atoms with E-state index in [9.17, 15) is 9.59 Å². The predicted octanol–water partition coefficient (Wildman–Crippen LogP) is 1.31. The molecule has 0 bridgehead atoms. The number of ether oxygens (including phenoxy) is 1. The van der Waals surface area contributed by atoms with E-state index in [-0.39, 0.29) is 24.6 Å². The molecule has 2 N–H and O–H groups in total. The number of rotatable bonds is 7. The highest BCUT2D eigenvalue weighted by atomic mass is 16.5. The fraction of sp³-hybridized carbons (Fsp3) is 0.846. The first-order valence-corrected chi connectivity index (χ1v) is 6.85. The molecule has 6 heteroatoms. The Balaban J connectivity index is 2.31. The summed E-state index contributed by atoms with van der Waals surface area (Å²) in [6.45, 7) is 5.42. The van der Waals surface area contributed by atoms with Crippen LogP contribution >= 0.6 is 0 Å². The first kappa shape index (κ1) is 15.8. The number of nitrogens with one attached hydrogen (secondary N) is 1. The average molecular weight is 272 g/mol. The summed E-state index contributed by atoms with van der Waals surface area (Å²) in [4.78, 5) is 24.0. The molecule has 19 heavy (non-hydrogen) atoms. The molecule has 0 aliphatic carbocycles. The molecule has 0 radical (unpaired) electrons. The smallest absolute Gasteiger partial charge is 0.323 e. The van der Waals surface area contributed by atoms with E-state index in [0.29, 0.717) is 13.1 Å². The molecule has 1 unspecified atom stereocenters. The van der Waals surface area contributed by atoms with Gasteiger partial charge in [0, 0.05) is 19.7 Å². The Labute approximate surface area is 114 Å². The monoisotopic (exact) mass is 272 g/mol. The standard InChI is InChI=1S/C13H24N2O4/c1-10(2)8-15(9-12(16)17)13(18)14-6-5-11-4-3-7-19-11/h10-11H,3-9H2,1-2H3,(H,14,18)(H,16,17). The lowest BCUT2D eigenvalue weighted by Gasteiger charge is -2.23. The van der Waals surface area contributed by atoms with E-state index < -0.39 is 5.97 Å². The minimum absolute atomic E-state index is 0.235. The lowest BCUT2D eigenvalue weighted by Crippen LogP contribution is -2.45. The molecule has 0 spiro atoms. The molecule has 1 rings (SSSR count). The van der Waals surface area contributed by atoms with Crippen molar-refractivity contribution in [2.45, 2.75) is 39.2 Å². The zero-order chi connectivity index (χ0) is 14.3. The summed E-state index contributed by atoms with van der Waals surface area (Å²) < 4.78 is 5.47. The van der Waals surface area contributed by atoms with E-state index in [1.807, 2.05) is 13.8 Å². The van der Waals surface area contributed by atoms with Crippen LogP contribution in [0.1, 0.15) is 33.1 Å². The minimum atomic E-state index is -0.991. The van der Waals surface area contributed by atoms with Crippen LogP contribution in [-0.4, -0.2) is 54.4 Å². The number of carbonyl (C=O) groups is 2. The van der Waals surface area contributed by atoms with Crippen molar-refractivity contribution in [2.24, 2.45) is 5.92 Å². The van der Waals surface area contributed by atoms with Gasteiger partial charge in [0.2, 0.25) is 0 Å². The zero-order valence-electron chi connectivity index (χ0n) is 11.7. The van der Waals surface area contributed by atoms with Crippen LogP contribution in [0.4, 0.5) is 4.79 Å². The van der Waals surface area contributed by atoms with Gasteiger partial charge in [-0.15, -0.1) is 0 Å². The van der Waals surface area contributed by atoms with Crippen molar-refractivity contribution in [3.05, 3.63) is 0 Å². The summed E-state index contributed by atoms with van der Waals surface area (Å²) in [6.07, 6.45) is 3.14. The Kier molecular flexibility index (Phi) is 6.62. The molecule has 1 aliphatic rings. The Morgan fingerprint density at radius 3 is 2.74 bits per heavy atom. The number of carbonyl (C=O) groups excluding carboxylic acids is 1.